The summed E-state index contributed by atoms with van der Waals surface area (Å²) in [6.45, 7) is 2.89. The van der Waals surface area contributed by atoms with Crippen LogP contribution in [0.15, 0.2) is 63.7 Å². The van der Waals surface area contributed by atoms with E-state index in [4.69, 9.17) is 0 Å². The summed E-state index contributed by atoms with van der Waals surface area (Å²) >= 11 is 3.24. The van der Waals surface area contributed by atoms with Crippen molar-refractivity contribution >= 4 is 34.7 Å². The first kappa shape index (κ1) is 20.4. The number of aromatic nitrogens is 4. The van der Waals surface area contributed by atoms with Gasteiger partial charge in [0, 0.05) is 35.3 Å². The molecule has 1 N–H and O–H groups in total. The highest BCUT2D eigenvalue weighted by Crippen LogP contribution is 2.26. The normalized spacial score (nSPS) is 11.1. The van der Waals surface area contributed by atoms with Crippen molar-refractivity contribution in [3.63, 3.8) is 0 Å². The van der Waals surface area contributed by atoms with Gasteiger partial charge in [0.25, 0.3) is 5.91 Å². The quantitative estimate of drug-likeness (QED) is 0.336. The van der Waals surface area contributed by atoms with Gasteiger partial charge in [0.05, 0.1) is 16.3 Å². The van der Waals surface area contributed by atoms with E-state index in [1.165, 1.54) is 9.08 Å². The lowest BCUT2D eigenvalue weighted by Gasteiger charge is -2.09. The smallest absolute Gasteiger partial charge is 0.350 e. The number of thioether (sulfide) groups is 1. The average molecular weight is 440 g/mol. The molecule has 0 aliphatic heterocycles. The zero-order valence-corrected chi connectivity index (χ0v) is 18.1. The lowest BCUT2D eigenvalue weighted by molar-refractivity contribution is 0.0949. The summed E-state index contributed by atoms with van der Waals surface area (Å²) in [5.74, 6) is 0.612. The Labute approximate surface area is 181 Å². The van der Waals surface area contributed by atoms with Gasteiger partial charge in [-0.25, -0.2) is 14.5 Å². The van der Waals surface area contributed by atoms with E-state index in [9.17, 15) is 9.59 Å². The van der Waals surface area contributed by atoms with Crippen molar-refractivity contribution < 1.29 is 4.79 Å². The minimum atomic E-state index is -0.170. The molecule has 0 saturated heterocycles. The molecule has 0 saturated carbocycles. The Morgan fingerprint density at radius 2 is 2.03 bits per heavy atom. The number of carbonyl (C=O) groups excluding carboxylic acids is 1. The predicted octanol–water partition coefficient (Wildman–Crippen LogP) is 3.37. The Hall–Kier alpha value is -2.91. The fraction of sp³-hybridized carbons (Fsp3) is 0.238. The number of fused-ring (bicyclic) bond motifs is 1. The molecule has 0 aliphatic rings. The highest BCUT2D eigenvalue weighted by molar-refractivity contribution is 7.98. The second-order valence-electron chi connectivity index (χ2n) is 6.69. The number of benzene rings is 1. The van der Waals surface area contributed by atoms with Crippen molar-refractivity contribution in [3.05, 3.63) is 80.8 Å². The van der Waals surface area contributed by atoms with Gasteiger partial charge in [-0.3, -0.25) is 9.20 Å². The summed E-state index contributed by atoms with van der Waals surface area (Å²) in [5, 5.41) is 10.3. The molecule has 0 aliphatic carbocycles. The summed E-state index contributed by atoms with van der Waals surface area (Å²) in [5.41, 5.74) is 2.12. The highest BCUT2D eigenvalue weighted by atomic mass is 32.2. The monoisotopic (exact) mass is 439 g/mol. The van der Waals surface area contributed by atoms with Crippen LogP contribution in [0.1, 0.15) is 27.5 Å². The topological polar surface area (TPSA) is 81.3 Å². The number of nitrogens with one attached hydrogen (secondary N) is 1. The van der Waals surface area contributed by atoms with Gasteiger partial charge in [-0.1, -0.05) is 18.2 Å². The van der Waals surface area contributed by atoms with Crippen LogP contribution in [0.5, 0.6) is 0 Å². The third-order valence-corrected chi connectivity index (χ3v) is 6.42. The van der Waals surface area contributed by atoms with Gasteiger partial charge in [0.15, 0.2) is 5.65 Å². The van der Waals surface area contributed by atoms with Crippen molar-refractivity contribution in [3.8, 4) is 0 Å². The van der Waals surface area contributed by atoms with E-state index in [1.807, 2.05) is 42.6 Å². The molecule has 1 amide bonds. The molecule has 3 heterocycles. The molecule has 7 nitrogen and oxygen atoms in total. The van der Waals surface area contributed by atoms with Gasteiger partial charge in [-0.2, -0.15) is 0 Å². The van der Waals surface area contributed by atoms with E-state index in [0.29, 0.717) is 30.7 Å². The van der Waals surface area contributed by atoms with Crippen LogP contribution in [0.25, 0.3) is 5.65 Å². The van der Waals surface area contributed by atoms with Crippen LogP contribution in [0, 0.1) is 6.92 Å². The van der Waals surface area contributed by atoms with Crippen molar-refractivity contribution in [1.82, 2.24) is 24.5 Å². The number of hydrogen-bond acceptors (Lipinski definition) is 6. The summed E-state index contributed by atoms with van der Waals surface area (Å²) in [6.07, 6.45) is 2.31. The molecular formula is C21H21N5O2S2. The molecule has 1 aromatic carbocycles. The minimum Gasteiger partial charge on any atom is -0.352 e. The zero-order chi connectivity index (χ0) is 20.9. The third-order valence-electron chi connectivity index (χ3n) is 4.49. The maximum absolute atomic E-state index is 12.7. The molecule has 9 heteroatoms. The lowest BCUT2D eigenvalue weighted by Crippen LogP contribution is -2.27. The van der Waals surface area contributed by atoms with Crippen molar-refractivity contribution in [2.75, 3.05) is 6.54 Å². The SMILES string of the molecule is Cc1nc(CSc2ccccc2C(=O)NCCCn2nc3ccccn3c2=O)cs1. The maximum atomic E-state index is 12.7. The Balaban J connectivity index is 1.32. The maximum Gasteiger partial charge on any atom is 0.350 e. The van der Waals surface area contributed by atoms with E-state index in [0.717, 1.165) is 21.3 Å². The van der Waals surface area contributed by atoms with Gasteiger partial charge < -0.3 is 5.32 Å². The van der Waals surface area contributed by atoms with Crippen molar-refractivity contribution in [1.29, 1.82) is 0 Å². The number of thiazole rings is 1. The van der Waals surface area contributed by atoms with Gasteiger partial charge in [0.1, 0.15) is 0 Å². The lowest BCUT2D eigenvalue weighted by atomic mass is 10.2. The first-order valence-electron chi connectivity index (χ1n) is 9.57. The second-order valence-corrected chi connectivity index (χ2v) is 8.77. The number of pyridine rings is 1. The van der Waals surface area contributed by atoms with E-state index in [2.05, 4.69) is 15.4 Å². The van der Waals surface area contributed by atoms with E-state index in [-0.39, 0.29) is 11.6 Å². The minimum absolute atomic E-state index is 0.116. The number of carbonyl (C=O) groups is 1. The van der Waals surface area contributed by atoms with Crippen LogP contribution < -0.4 is 11.0 Å². The summed E-state index contributed by atoms with van der Waals surface area (Å²) < 4.78 is 2.94. The average Bonchev–Trinajstić information content (AvgIpc) is 3.33. The fourth-order valence-electron chi connectivity index (χ4n) is 3.05. The Bertz CT molecular complexity index is 1230. The molecule has 4 aromatic rings. The number of rotatable bonds is 8. The number of amides is 1. The van der Waals surface area contributed by atoms with Gasteiger partial charge in [-0.15, -0.1) is 28.2 Å². The van der Waals surface area contributed by atoms with E-state index < -0.39 is 0 Å². The third kappa shape index (κ3) is 4.63. The van der Waals surface area contributed by atoms with Crippen molar-refractivity contribution in [2.24, 2.45) is 0 Å². The standard InChI is InChI=1S/C21H21N5O2S2/c1-15-23-16(13-29-15)14-30-18-8-3-2-7-17(18)20(27)22-10-6-12-26-21(28)25-11-5-4-9-19(25)24-26/h2-5,7-9,11,13H,6,10,12,14H2,1H3,(H,22,27). The highest BCUT2D eigenvalue weighted by Gasteiger charge is 2.12. The van der Waals surface area contributed by atoms with Crippen LogP contribution in [0.4, 0.5) is 0 Å². The largest absolute Gasteiger partial charge is 0.352 e. The number of hydrogen-bond donors (Lipinski definition) is 1. The fourth-order valence-corrected chi connectivity index (χ4v) is 4.71. The molecule has 0 bridgehead atoms. The Kier molecular flexibility index (Phi) is 6.29. The van der Waals surface area contributed by atoms with E-state index >= 15 is 0 Å². The van der Waals surface area contributed by atoms with Gasteiger partial charge >= 0.3 is 5.69 Å². The molecule has 0 unspecified atom stereocenters. The summed E-state index contributed by atoms with van der Waals surface area (Å²) in [7, 11) is 0. The van der Waals surface area contributed by atoms with Crippen molar-refractivity contribution in [2.45, 2.75) is 30.5 Å². The van der Waals surface area contributed by atoms with Crippen LogP contribution in [-0.4, -0.2) is 31.6 Å². The molecule has 0 fully saturated rings. The number of nitrogens with zero attached hydrogens (tertiary/aromatic N) is 4. The molecule has 30 heavy (non-hydrogen) atoms. The molecule has 0 radical (unpaired) electrons. The molecule has 0 atom stereocenters. The predicted molar refractivity (Wildman–Crippen MR) is 119 cm³/mol. The molecule has 0 spiro atoms. The zero-order valence-electron chi connectivity index (χ0n) is 16.4. The molecule has 4 rings (SSSR count). The number of aryl methyl sites for hydroxylation is 2. The van der Waals surface area contributed by atoms with E-state index in [1.54, 1.807) is 41.4 Å². The molecule has 154 valence electrons. The van der Waals surface area contributed by atoms with Crippen LogP contribution in [0.3, 0.4) is 0 Å². The van der Waals surface area contributed by atoms with Gasteiger partial charge in [0.2, 0.25) is 0 Å². The summed E-state index contributed by atoms with van der Waals surface area (Å²) in [4.78, 5) is 30.4. The molecule has 3 aromatic heterocycles. The Morgan fingerprint density at radius 1 is 1.20 bits per heavy atom. The molecular weight excluding hydrogens is 418 g/mol. The van der Waals surface area contributed by atoms with Crippen LogP contribution >= 0.6 is 23.1 Å². The first-order valence-corrected chi connectivity index (χ1v) is 11.4. The van der Waals surface area contributed by atoms with Crippen LogP contribution in [0.2, 0.25) is 0 Å². The van der Waals surface area contributed by atoms with Gasteiger partial charge in [-0.05, 0) is 37.6 Å². The second kappa shape index (κ2) is 9.27. The summed E-state index contributed by atoms with van der Waals surface area (Å²) in [6, 6.07) is 13.0. The van der Waals surface area contributed by atoms with Crippen LogP contribution in [-0.2, 0) is 12.3 Å². The first-order chi connectivity index (χ1) is 14.6. The Morgan fingerprint density at radius 3 is 2.83 bits per heavy atom.